The van der Waals surface area contributed by atoms with Crippen molar-refractivity contribution in [2.45, 2.75) is 6.92 Å². The Morgan fingerprint density at radius 2 is 2.29 bits per heavy atom. The van der Waals surface area contributed by atoms with Gasteiger partial charge in [0.1, 0.15) is 17.8 Å². The maximum Gasteiger partial charge on any atom is 0.150 e. The van der Waals surface area contributed by atoms with E-state index < -0.39 is 0 Å². The van der Waals surface area contributed by atoms with Gasteiger partial charge in [-0.3, -0.25) is 4.79 Å². The summed E-state index contributed by atoms with van der Waals surface area (Å²) < 4.78 is 5.36. The summed E-state index contributed by atoms with van der Waals surface area (Å²) in [6.07, 6.45) is 4.38. The van der Waals surface area contributed by atoms with Gasteiger partial charge in [-0.2, -0.15) is 0 Å². The van der Waals surface area contributed by atoms with E-state index in [4.69, 9.17) is 4.74 Å². The van der Waals surface area contributed by atoms with Gasteiger partial charge in [-0.05, 0) is 25.1 Å². The molecule has 14 heavy (non-hydrogen) atoms. The second-order valence-corrected chi connectivity index (χ2v) is 2.76. The molecule has 0 spiro atoms. The van der Waals surface area contributed by atoms with Crippen molar-refractivity contribution < 1.29 is 9.53 Å². The first-order valence-electron chi connectivity index (χ1n) is 4.31. The SMILES string of the molecule is C=C(/C=C\C)Oc1cccc(C=O)c1. The van der Waals surface area contributed by atoms with Crippen LogP contribution in [0.2, 0.25) is 0 Å². The fourth-order valence-electron chi connectivity index (χ4n) is 1.02. The van der Waals surface area contributed by atoms with Crippen LogP contribution in [0.3, 0.4) is 0 Å². The molecule has 0 atom stereocenters. The molecule has 0 unspecified atom stereocenters. The Morgan fingerprint density at radius 1 is 1.50 bits per heavy atom. The van der Waals surface area contributed by atoms with E-state index in [0.717, 1.165) is 6.29 Å². The van der Waals surface area contributed by atoms with E-state index in [-0.39, 0.29) is 0 Å². The van der Waals surface area contributed by atoms with E-state index in [1.807, 2.05) is 13.0 Å². The molecule has 0 fully saturated rings. The number of rotatable bonds is 4. The Balaban J connectivity index is 2.76. The van der Waals surface area contributed by atoms with Gasteiger partial charge in [-0.15, -0.1) is 0 Å². The van der Waals surface area contributed by atoms with E-state index in [2.05, 4.69) is 6.58 Å². The van der Waals surface area contributed by atoms with Gasteiger partial charge in [-0.25, -0.2) is 0 Å². The molecule has 0 aromatic heterocycles. The lowest BCUT2D eigenvalue weighted by atomic mass is 10.2. The second kappa shape index (κ2) is 5.02. The molecule has 0 bridgehead atoms. The summed E-state index contributed by atoms with van der Waals surface area (Å²) in [5.74, 6) is 1.17. The first-order chi connectivity index (χ1) is 6.76. The Labute approximate surface area is 83.5 Å². The topological polar surface area (TPSA) is 26.3 Å². The summed E-state index contributed by atoms with van der Waals surface area (Å²) in [6, 6.07) is 6.93. The predicted octanol–water partition coefficient (Wildman–Crippen LogP) is 2.97. The molecule has 1 rings (SSSR count). The molecule has 0 heterocycles. The van der Waals surface area contributed by atoms with Crippen molar-refractivity contribution in [2.24, 2.45) is 0 Å². The summed E-state index contributed by atoms with van der Waals surface area (Å²) in [5.41, 5.74) is 0.593. The molecule has 1 aromatic rings. The Morgan fingerprint density at radius 3 is 2.93 bits per heavy atom. The third-order valence-electron chi connectivity index (χ3n) is 1.60. The van der Waals surface area contributed by atoms with Gasteiger partial charge in [0.05, 0.1) is 0 Å². The molecule has 0 aliphatic rings. The fourth-order valence-corrected chi connectivity index (χ4v) is 1.02. The molecule has 0 aliphatic heterocycles. The van der Waals surface area contributed by atoms with Crippen molar-refractivity contribution in [3.63, 3.8) is 0 Å². The number of hydrogen-bond acceptors (Lipinski definition) is 2. The molecule has 1 aromatic carbocycles. The maximum absolute atomic E-state index is 10.5. The Kier molecular flexibility index (Phi) is 3.68. The molecule has 0 N–H and O–H groups in total. The van der Waals surface area contributed by atoms with Crippen LogP contribution in [0.4, 0.5) is 0 Å². The smallest absolute Gasteiger partial charge is 0.150 e. The molecular weight excluding hydrogens is 176 g/mol. The minimum Gasteiger partial charge on any atom is -0.458 e. The van der Waals surface area contributed by atoms with Crippen LogP contribution in [0, 0.1) is 0 Å². The number of hydrogen-bond donors (Lipinski definition) is 0. The highest BCUT2D eigenvalue weighted by molar-refractivity contribution is 5.75. The molecule has 2 nitrogen and oxygen atoms in total. The lowest BCUT2D eigenvalue weighted by Crippen LogP contribution is -1.90. The Hall–Kier alpha value is -1.83. The van der Waals surface area contributed by atoms with Gasteiger partial charge in [-0.1, -0.05) is 24.8 Å². The Bertz CT molecular complexity index is 364. The zero-order valence-electron chi connectivity index (χ0n) is 8.07. The van der Waals surface area contributed by atoms with Crippen molar-refractivity contribution in [1.29, 1.82) is 0 Å². The normalized spacial score (nSPS) is 10.1. The zero-order chi connectivity index (χ0) is 10.4. The highest BCUT2D eigenvalue weighted by Crippen LogP contribution is 2.14. The molecule has 0 aliphatic carbocycles. The predicted molar refractivity (Wildman–Crippen MR) is 56.4 cm³/mol. The average molecular weight is 188 g/mol. The van der Waals surface area contributed by atoms with Gasteiger partial charge < -0.3 is 4.74 Å². The van der Waals surface area contributed by atoms with Crippen LogP contribution >= 0.6 is 0 Å². The largest absolute Gasteiger partial charge is 0.458 e. The minimum absolute atomic E-state index is 0.551. The van der Waals surface area contributed by atoms with Gasteiger partial charge in [0.2, 0.25) is 0 Å². The maximum atomic E-state index is 10.5. The lowest BCUT2D eigenvalue weighted by molar-refractivity contribution is 0.112. The number of ether oxygens (including phenoxy) is 1. The van der Waals surface area contributed by atoms with Crippen molar-refractivity contribution in [2.75, 3.05) is 0 Å². The van der Waals surface area contributed by atoms with Crippen LogP contribution in [0.1, 0.15) is 17.3 Å². The molecule has 0 saturated heterocycles. The number of aldehydes is 1. The second-order valence-electron chi connectivity index (χ2n) is 2.76. The van der Waals surface area contributed by atoms with Crippen molar-refractivity contribution in [3.8, 4) is 5.75 Å². The monoisotopic (exact) mass is 188 g/mol. The van der Waals surface area contributed by atoms with Crippen molar-refractivity contribution >= 4 is 6.29 Å². The number of carbonyl (C=O) groups excluding carboxylic acids is 1. The first-order valence-corrected chi connectivity index (χ1v) is 4.31. The third-order valence-corrected chi connectivity index (χ3v) is 1.60. The molecule has 0 radical (unpaired) electrons. The van der Waals surface area contributed by atoms with Crippen molar-refractivity contribution in [3.05, 3.63) is 54.3 Å². The van der Waals surface area contributed by atoms with Crippen LogP contribution in [0.25, 0.3) is 0 Å². The number of allylic oxidation sites excluding steroid dienone is 2. The average Bonchev–Trinajstić information content (AvgIpc) is 2.18. The van der Waals surface area contributed by atoms with Crippen LogP contribution < -0.4 is 4.74 Å². The fraction of sp³-hybridized carbons (Fsp3) is 0.0833. The van der Waals surface area contributed by atoms with Gasteiger partial charge in [0, 0.05) is 5.56 Å². The van der Waals surface area contributed by atoms with E-state index in [9.17, 15) is 4.79 Å². The molecule has 2 heteroatoms. The van der Waals surface area contributed by atoms with Crippen LogP contribution in [0.5, 0.6) is 5.75 Å². The number of benzene rings is 1. The zero-order valence-corrected chi connectivity index (χ0v) is 8.07. The van der Waals surface area contributed by atoms with Crippen LogP contribution in [-0.4, -0.2) is 6.29 Å². The summed E-state index contributed by atoms with van der Waals surface area (Å²) in [5, 5.41) is 0. The summed E-state index contributed by atoms with van der Waals surface area (Å²) >= 11 is 0. The van der Waals surface area contributed by atoms with Gasteiger partial charge in [0.15, 0.2) is 0 Å². The van der Waals surface area contributed by atoms with Crippen molar-refractivity contribution in [1.82, 2.24) is 0 Å². The summed E-state index contributed by atoms with van der Waals surface area (Å²) in [6.45, 7) is 5.58. The van der Waals surface area contributed by atoms with Gasteiger partial charge in [0.25, 0.3) is 0 Å². The quantitative estimate of drug-likeness (QED) is 0.412. The van der Waals surface area contributed by atoms with E-state index in [0.29, 0.717) is 17.1 Å². The van der Waals surface area contributed by atoms with Crippen LogP contribution in [-0.2, 0) is 0 Å². The van der Waals surface area contributed by atoms with E-state index >= 15 is 0 Å². The summed E-state index contributed by atoms with van der Waals surface area (Å²) in [7, 11) is 0. The number of carbonyl (C=O) groups is 1. The van der Waals surface area contributed by atoms with E-state index in [1.165, 1.54) is 0 Å². The highest BCUT2D eigenvalue weighted by Gasteiger charge is 1.96. The molecule has 72 valence electrons. The lowest BCUT2D eigenvalue weighted by Gasteiger charge is -2.04. The standard InChI is InChI=1S/C12H12O2/c1-3-5-10(2)14-12-7-4-6-11(8-12)9-13/h3-9H,2H2,1H3/b5-3-. The van der Waals surface area contributed by atoms with Gasteiger partial charge >= 0.3 is 0 Å². The minimum atomic E-state index is 0.551. The summed E-state index contributed by atoms with van der Waals surface area (Å²) in [4.78, 5) is 10.5. The van der Waals surface area contributed by atoms with E-state index in [1.54, 1.807) is 30.3 Å². The molecule has 0 amide bonds. The highest BCUT2D eigenvalue weighted by atomic mass is 16.5. The van der Waals surface area contributed by atoms with Crippen LogP contribution in [0.15, 0.2) is 48.8 Å². The molecular formula is C12H12O2. The first kappa shape index (κ1) is 10.3. The third kappa shape index (κ3) is 2.90. The molecule has 0 saturated carbocycles.